The van der Waals surface area contributed by atoms with Gasteiger partial charge in [0.05, 0.1) is 5.57 Å². The van der Waals surface area contributed by atoms with E-state index in [0.29, 0.717) is 0 Å². The molecule has 26 heavy (non-hydrogen) atoms. The summed E-state index contributed by atoms with van der Waals surface area (Å²) in [6, 6.07) is 13.0. The molecule has 1 N–H and O–H groups in total. The minimum absolute atomic E-state index is 0.0228. The van der Waals surface area contributed by atoms with Crippen molar-refractivity contribution in [2.24, 2.45) is 0 Å². The van der Waals surface area contributed by atoms with Crippen LogP contribution in [0.3, 0.4) is 0 Å². The standard InChI is InChI=1S/C21H17FO4/c1-3-7-17(14(2)22)20(23)16-10-11-18(21(24)25)19(12-16)26-13-15-8-5-4-6-9-15/h3-12H,1-2,13H2,(H,24,25)/b17-7+. The minimum atomic E-state index is -1.19. The van der Waals surface area contributed by atoms with Crippen LogP contribution >= 0.6 is 0 Å². The lowest BCUT2D eigenvalue weighted by Crippen LogP contribution is -2.08. The van der Waals surface area contributed by atoms with E-state index in [1.807, 2.05) is 30.3 Å². The lowest BCUT2D eigenvalue weighted by atomic mass is 10.0. The molecule has 0 aliphatic heterocycles. The summed E-state index contributed by atoms with van der Waals surface area (Å²) >= 11 is 0. The highest BCUT2D eigenvalue weighted by molar-refractivity contribution is 6.12. The number of benzene rings is 2. The molecule has 0 saturated carbocycles. The highest BCUT2D eigenvalue weighted by Crippen LogP contribution is 2.25. The molecule has 0 heterocycles. The van der Waals surface area contributed by atoms with Crippen molar-refractivity contribution in [2.45, 2.75) is 6.61 Å². The molecule has 2 rings (SSSR count). The number of aromatic carboxylic acids is 1. The van der Waals surface area contributed by atoms with E-state index < -0.39 is 17.6 Å². The molecule has 132 valence electrons. The van der Waals surface area contributed by atoms with Crippen molar-refractivity contribution in [2.75, 3.05) is 0 Å². The van der Waals surface area contributed by atoms with Gasteiger partial charge in [-0.3, -0.25) is 4.79 Å². The molecule has 0 radical (unpaired) electrons. The van der Waals surface area contributed by atoms with Crippen LogP contribution in [0.4, 0.5) is 4.39 Å². The average molecular weight is 352 g/mol. The Hall–Kier alpha value is -3.47. The number of Topliss-reactive ketones (excluding diaryl/α,β-unsaturated/α-hetero) is 1. The van der Waals surface area contributed by atoms with E-state index in [4.69, 9.17) is 4.74 Å². The Kier molecular flexibility index (Phi) is 6.22. The first-order chi connectivity index (χ1) is 12.4. The molecule has 2 aromatic rings. The number of carboxylic acid groups (broad SMARTS) is 1. The minimum Gasteiger partial charge on any atom is -0.488 e. The maximum absolute atomic E-state index is 13.5. The number of carbonyl (C=O) groups excluding carboxylic acids is 1. The summed E-state index contributed by atoms with van der Waals surface area (Å²) in [5.41, 5.74) is 0.581. The first kappa shape index (κ1) is 18.9. The van der Waals surface area contributed by atoms with E-state index >= 15 is 0 Å². The lowest BCUT2D eigenvalue weighted by Gasteiger charge is -2.11. The zero-order chi connectivity index (χ0) is 19.1. The van der Waals surface area contributed by atoms with Gasteiger partial charge in [0.2, 0.25) is 0 Å². The SMILES string of the molecule is C=C/C=C(\C(=C)F)C(=O)c1ccc(C(=O)O)c(OCc2ccccc2)c1. The molecule has 0 aromatic heterocycles. The second-order valence-electron chi connectivity index (χ2n) is 5.34. The van der Waals surface area contributed by atoms with Crippen LogP contribution in [0.1, 0.15) is 26.3 Å². The summed E-state index contributed by atoms with van der Waals surface area (Å²) in [4.78, 5) is 23.9. The van der Waals surface area contributed by atoms with Gasteiger partial charge in [0.1, 0.15) is 23.7 Å². The molecule has 0 atom stereocenters. The monoisotopic (exact) mass is 352 g/mol. The molecule has 2 aromatic carbocycles. The van der Waals surface area contributed by atoms with Crippen LogP contribution in [0, 0.1) is 0 Å². The Morgan fingerprint density at radius 1 is 1.15 bits per heavy atom. The fourth-order valence-corrected chi connectivity index (χ4v) is 2.26. The van der Waals surface area contributed by atoms with E-state index in [9.17, 15) is 19.1 Å². The predicted molar refractivity (Wildman–Crippen MR) is 97.0 cm³/mol. The molecular weight excluding hydrogens is 335 g/mol. The molecule has 0 saturated heterocycles. The van der Waals surface area contributed by atoms with Crippen LogP contribution in [-0.2, 0) is 6.61 Å². The Bertz CT molecular complexity index is 882. The molecule has 4 nitrogen and oxygen atoms in total. The quantitative estimate of drug-likeness (QED) is 0.423. The van der Waals surface area contributed by atoms with Crippen molar-refractivity contribution in [3.8, 4) is 5.75 Å². The summed E-state index contributed by atoms with van der Waals surface area (Å²) in [6.45, 7) is 6.70. The molecule has 0 unspecified atom stereocenters. The third kappa shape index (κ3) is 4.54. The third-order valence-electron chi connectivity index (χ3n) is 3.53. The van der Waals surface area contributed by atoms with Crippen molar-refractivity contribution < 1.29 is 23.8 Å². The number of allylic oxidation sites excluding steroid dienone is 4. The molecule has 0 aliphatic carbocycles. The van der Waals surface area contributed by atoms with Gasteiger partial charge in [-0.15, -0.1) is 0 Å². The van der Waals surface area contributed by atoms with E-state index in [0.717, 1.165) is 5.56 Å². The zero-order valence-electron chi connectivity index (χ0n) is 13.9. The normalized spacial score (nSPS) is 10.9. The maximum atomic E-state index is 13.5. The maximum Gasteiger partial charge on any atom is 0.339 e. The number of hydrogen-bond acceptors (Lipinski definition) is 3. The topological polar surface area (TPSA) is 63.6 Å². The van der Waals surface area contributed by atoms with Gasteiger partial charge in [0.15, 0.2) is 5.78 Å². The highest BCUT2D eigenvalue weighted by Gasteiger charge is 2.19. The second kappa shape index (κ2) is 8.58. The van der Waals surface area contributed by atoms with Crippen LogP contribution in [0.15, 0.2) is 85.2 Å². The van der Waals surface area contributed by atoms with E-state index in [2.05, 4.69) is 13.2 Å². The van der Waals surface area contributed by atoms with Crippen LogP contribution in [0.2, 0.25) is 0 Å². The van der Waals surface area contributed by atoms with Crippen molar-refractivity contribution in [1.82, 2.24) is 0 Å². The van der Waals surface area contributed by atoms with Gasteiger partial charge in [-0.25, -0.2) is 9.18 Å². The van der Waals surface area contributed by atoms with Gasteiger partial charge >= 0.3 is 5.97 Å². The van der Waals surface area contributed by atoms with Crippen LogP contribution in [-0.4, -0.2) is 16.9 Å². The van der Waals surface area contributed by atoms with E-state index in [1.54, 1.807) is 0 Å². The second-order valence-corrected chi connectivity index (χ2v) is 5.34. The predicted octanol–water partition coefficient (Wildman–Crippen LogP) is 4.74. The van der Waals surface area contributed by atoms with Crippen molar-refractivity contribution in [1.29, 1.82) is 0 Å². The van der Waals surface area contributed by atoms with Crippen molar-refractivity contribution >= 4 is 11.8 Å². The summed E-state index contributed by atoms with van der Waals surface area (Å²) in [6.07, 6.45) is 2.48. The molecule has 0 fully saturated rings. The number of halogens is 1. The largest absolute Gasteiger partial charge is 0.488 e. The Morgan fingerprint density at radius 2 is 1.85 bits per heavy atom. The third-order valence-corrected chi connectivity index (χ3v) is 3.53. The van der Waals surface area contributed by atoms with E-state index in [-0.39, 0.29) is 29.1 Å². The summed E-state index contributed by atoms with van der Waals surface area (Å²) in [5.74, 6) is -2.71. The number of ketones is 1. The zero-order valence-corrected chi connectivity index (χ0v) is 13.9. The van der Waals surface area contributed by atoms with Gasteiger partial charge in [-0.1, -0.05) is 49.6 Å². The smallest absolute Gasteiger partial charge is 0.339 e. The van der Waals surface area contributed by atoms with Gasteiger partial charge < -0.3 is 9.84 Å². The molecule has 0 bridgehead atoms. The Labute approximate surface area is 150 Å². The van der Waals surface area contributed by atoms with Crippen molar-refractivity contribution in [3.63, 3.8) is 0 Å². The van der Waals surface area contributed by atoms with Crippen LogP contribution in [0.25, 0.3) is 0 Å². The lowest BCUT2D eigenvalue weighted by molar-refractivity contribution is 0.0691. The highest BCUT2D eigenvalue weighted by atomic mass is 19.1. The van der Waals surface area contributed by atoms with Gasteiger partial charge in [0.25, 0.3) is 0 Å². The van der Waals surface area contributed by atoms with E-state index in [1.165, 1.54) is 30.4 Å². The Morgan fingerprint density at radius 3 is 2.42 bits per heavy atom. The van der Waals surface area contributed by atoms with Gasteiger partial charge in [0, 0.05) is 5.56 Å². The molecule has 0 amide bonds. The Balaban J connectivity index is 2.37. The summed E-state index contributed by atoms with van der Waals surface area (Å²) in [7, 11) is 0. The van der Waals surface area contributed by atoms with Crippen molar-refractivity contribution in [3.05, 3.63) is 102 Å². The fourth-order valence-electron chi connectivity index (χ4n) is 2.26. The van der Waals surface area contributed by atoms with Gasteiger partial charge in [-0.05, 0) is 29.8 Å². The number of rotatable bonds is 8. The first-order valence-corrected chi connectivity index (χ1v) is 7.70. The first-order valence-electron chi connectivity index (χ1n) is 7.70. The number of carbonyl (C=O) groups is 2. The molecule has 0 spiro atoms. The van der Waals surface area contributed by atoms with Gasteiger partial charge in [-0.2, -0.15) is 0 Å². The fraction of sp³-hybridized carbons (Fsp3) is 0.0476. The number of carboxylic acids is 1. The number of hydrogen-bond donors (Lipinski definition) is 1. The number of ether oxygens (including phenoxy) is 1. The summed E-state index contributed by atoms with van der Waals surface area (Å²) in [5, 5.41) is 9.31. The average Bonchev–Trinajstić information content (AvgIpc) is 2.64. The molecular formula is C21H17FO4. The van der Waals surface area contributed by atoms with Crippen LogP contribution < -0.4 is 4.74 Å². The molecule has 5 heteroatoms. The van der Waals surface area contributed by atoms with Crippen LogP contribution in [0.5, 0.6) is 5.75 Å². The molecule has 0 aliphatic rings. The summed E-state index contributed by atoms with van der Waals surface area (Å²) < 4.78 is 19.1.